The van der Waals surface area contributed by atoms with Gasteiger partial charge in [-0.05, 0) is 55.1 Å². The Morgan fingerprint density at radius 1 is 1.03 bits per heavy atom. The first-order valence-corrected chi connectivity index (χ1v) is 12.7. The number of sulfonamides is 1. The number of carbonyl (C=O) groups excluding carboxylic acids is 1. The van der Waals surface area contributed by atoms with Crippen molar-refractivity contribution in [3.8, 4) is 0 Å². The van der Waals surface area contributed by atoms with Gasteiger partial charge in [-0.1, -0.05) is 42.5 Å². The van der Waals surface area contributed by atoms with Gasteiger partial charge in [0.25, 0.3) is 0 Å². The number of hydrogen-bond acceptors (Lipinski definition) is 4. The van der Waals surface area contributed by atoms with Gasteiger partial charge in [0.05, 0.1) is 12.3 Å². The highest BCUT2D eigenvalue weighted by molar-refractivity contribution is 7.88. The highest BCUT2D eigenvalue weighted by Gasteiger charge is 2.26. The van der Waals surface area contributed by atoms with Gasteiger partial charge in [0.1, 0.15) is 0 Å². The largest absolute Gasteiger partial charge is 0.336 e. The van der Waals surface area contributed by atoms with Crippen molar-refractivity contribution in [1.82, 2.24) is 14.5 Å². The van der Waals surface area contributed by atoms with Crippen LogP contribution < -0.4 is 10.6 Å². The quantitative estimate of drug-likeness (QED) is 0.721. The maximum atomic E-state index is 12.7. The van der Waals surface area contributed by atoms with Crippen molar-refractivity contribution in [1.29, 1.82) is 0 Å². The Kier molecular flexibility index (Phi) is 6.60. The van der Waals surface area contributed by atoms with Crippen LogP contribution in [0.2, 0.25) is 0 Å². The minimum absolute atomic E-state index is 0.155. The van der Waals surface area contributed by atoms with Crippen molar-refractivity contribution in [3.05, 3.63) is 65.2 Å². The standard InChI is InChI=1S/C23H30N4O3S/c1-31(29,30)27-15-12-20-19(17-27)10-7-11-21(20)25-23(28)24-16-22(26-13-5-6-14-26)18-8-3-2-4-9-18/h2-4,7-11,22H,5-6,12-17H2,1H3,(H2,24,25,28). The van der Waals surface area contributed by atoms with E-state index >= 15 is 0 Å². The Bertz CT molecular complexity index is 1020. The van der Waals surface area contributed by atoms with Gasteiger partial charge in [-0.25, -0.2) is 13.2 Å². The van der Waals surface area contributed by atoms with Gasteiger partial charge in [-0.15, -0.1) is 0 Å². The van der Waals surface area contributed by atoms with Crippen LogP contribution in [0.1, 0.15) is 35.6 Å². The van der Waals surface area contributed by atoms with Crippen LogP contribution in [0.15, 0.2) is 48.5 Å². The van der Waals surface area contributed by atoms with Gasteiger partial charge in [-0.2, -0.15) is 4.31 Å². The molecule has 7 nitrogen and oxygen atoms in total. The van der Waals surface area contributed by atoms with E-state index in [-0.39, 0.29) is 12.1 Å². The van der Waals surface area contributed by atoms with Crippen LogP contribution in [0.5, 0.6) is 0 Å². The second-order valence-corrected chi connectivity index (χ2v) is 10.3. The maximum Gasteiger partial charge on any atom is 0.319 e. The van der Waals surface area contributed by atoms with E-state index in [1.54, 1.807) is 0 Å². The van der Waals surface area contributed by atoms with E-state index < -0.39 is 10.0 Å². The van der Waals surface area contributed by atoms with Crippen LogP contribution in [0.4, 0.5) is 10.5 Å². The molecule has 2 heterocycles. The normalized spacial score (nSPS) is 18.4. The summed E-state index contributed by atoms with van der Waals surface area (Å²) in [6.45, 7) is 3.40. The number of carbonyl (C=O) groups is 1. The predicted molar refractivity (Wildman–Crippen MR) is 122 cm³/mol. The highest BCUT2D eigenvalue weighted by Crippen LogP contribution is 2.28. The summed E-state index contributed by atoms with van der Waals surface area (Å²) in [7, 11) is -3.23. The maximum absolute atomic E-state index is 12.7. The lowest BCUT2D eigenvalue weighted by Crippen LogP contribution is -2.39. The molecule has 31 heavy (non-hydrogen) atoms. The highest BCUT2D eigenvalue weighted by atomic mass is 32.2. The number of hydrogen-bond donors (Lipinski definition) is 2. The van der Waals surface area contributed by atoms with E-state index in [1.807, 2.05) is 36.4 Å². The number of benzene rings is 2. The molecule has 166 valence electrons. The summed E-state index contributed by atoms with van der Waals surface area (Å²) in [5, 5.41) is 6.03. The summed E-state index contributed by atoms with van der Waals surface area (Å²) in [4.78, 5) is 15.2. The topological polar surface area (TPSA) is 81.8 Å². The second kappa shape index (κ2) is 9.38. The molecule has 2 amide bonds. The van der Waals surface area contributed by atoms with Crippen molar-refractivity contribution >= 4 is 21.7 Å². The van der Waals surface area contributed by atoms with Gasteiger partial charge in [0.15, 0.2) is 0 Å². The molecule has 2 aliphatic rings. The van der Waals surface area contributed by atoms with Crippen LogP contribution in [0.25, 0.3) is 0 Å². The summed E-state index contributed by atoms with van der Waals surface area (Å²) < 4.78 is 25.2. The van der Waals surface area contributed by atoms with Crippen molar-refractivity contribution in [2.24, 2.45) is 0 Å². The van der Waals surface area contributed by atoms with E-state index in [0.717, 1.165) is 29.9 Å². The van der Waals surface area contributed by atoms with Gasteiger partial charge in [0.2, 0.25) is 10.0 Å². The fourth-order valence-corrected chi connectivity index (χ4v) is 5.32. The van der Waals surface area contributed by atoms with Gasteiger partial charge < -0.3 is 10.6 Å². The van der Waals surface area contributed by atoms with E-state index in [0.29, 0.717) is 26.1 Å². The summed E-state index contributed by atoms with van der Waals surface area (Å²) >= 11 is 0. The Labute approximate surface area is 184 Å². The first-order chi connectivity index (χ1) is 14.9. The van der Waals surface area contributed by atoms with Crippen molar-refractivity contribution in [2.75, 3.05) is 37.8 Å². The molecular weight excluding hydrogens is 412 g/mol. The molecule has 2 aromatic rings. The molecular formula is C23H30N4O3S. The minimum atomic E-state index is -3.23. The Morgan fingerprint density at radius 3 is 2.48 bits per heavy atom. The van der Waals surface area contributed by atoms with Crippen LogP contribution >= 0.6 is 0 Å². The molecule has 8 heteroatoms. The molecule has 2 N–H and O–H groups in total. The molecule has 1 fully saturated rings. The van der Waals surface area contributed by atoms with E-state index in [2.05, 4.69) is 27.7 Å². The Balaban J connectivity index is 1.42. The van der Waals surface area contributed by atoms with Crippen LogP contribution in [0, 0.1) is 0 Å². The molecule has 2 aliphatic heterocycles. The monoisotopic (exact) mass is 442 g/mol. The predicted octanol–water partition coefficient (Wildman–Crippen LogP) is 2.96. The van der Waals surface area contributed by atoms with Crippen molar-refractivity contribution in [2.45, 2.75) is 31.8 Å². The van der Waals surface area contributed by atoms with Gasteiger partial charge >= 0.3 is 6.03 Å². The third-order valence-electron chi connectivity index (χ3n) is 6.17. The molecule has 1 saturated heterocycles. The average molecular weight is 443 g/mol. The smallest absolute Gasteiger partial charge is 0.319 e. The minimum Gasteiger partial charge on any atom is -0.336 e. The van der Waals surface area contributed by atoms with Crippen molar-refractivity contribution < 1.29 is 13.2 Å². The van der Waals surface area contributed by atoms with Gasteiger partial charge in [-0.3, -0.25) is 4.90 Å². The molecule has 0 aromatic heterocycles. The fourth-order valence-electron chi connectivity index (χ4n) is 4.53. The SMILES string of the molecule is CS(=O)(=O)N1CCc2c(cccc2NC(=O)NCC(c2ccccc2)N2CCCC2)C1. The summed E-state index contributed by atoms with van der Waals surface area (Å²) in [5.74, 6) is 0. The van der Waals surface area contributed by atoms with Crippen molar-refractivity contribution in [3.63, 3.8) is 0 Å². The lowest BCUT2D eigenvalue weighted by molar-refractivity contribution is 0.227. The molecule has 0 bridgehead atoms. The van der Waals surface area contributed by atoms with Crippen LogP contribution in [0.3, 0.4) is 0 Å². The molecule has 1 atom stereocenters. The number of fused-ring (bicyclic) bond motifs is 1. The third kappa shape index (κ3) is 5.26. The lowest BCUT2D eigenvalue weighted by Gasteiger charge is -2.29. The molecule has 4 rings (SSSR count). The number of likely N-dealkylation sites (tertiary alicyclic amines) is 1. The zero-order chi connectivity index (χ0) is 21.8. The average Bonchev–Trinajstić information content (AvgIpc) is 3.28. The Morgan fingerprint density at radius 2 is 1.77 bits per heavy atom. The first-order valence-electron chi connectivity index (χ1n) is 10.8. The number of amides is 2. The fraction of sp³-hybridized carbons (Fsp3) is 0.435. The summed E-state index contributed by atoms with van der Waals surface area (Å²) in [6, 6.07) is 15.9. The van der Waals surface area contributed by atoms with Gasteiger partial charge in [0, 0.05) is 25.3 Å². The van der Waals surface area contributed by atoms with E-state index in [4.69, 9.17) is 0 Å². The van der Waals surface area contributed by atoms with Crippen LogP contribution in [-0.4, -0.2) is 56.1 Å². The molecule has 0 radical (unpaired) electrons. The lowest BCUT2D eigenvalue weighted by atomic mass is 9.99. The molecule has 0 spiro atoms. The molecule has 0 saturated carbocycles. The number of urea groups is 1. The molecule has 1 unspecified atom stereocenters. The number of anilines is 1. The van der Waals surface area contributed by atoms with E-state index in [1.165, 1.54) is 29.0 Å². The molecule has 2 aromatic carbocycles. The second-order valence-electron chi connectivity index (χ2n) is 8.29. The van der Waals surface area contributed by atoms with Crippen LogP contribution in [-0.2, 0) is 23.0 Å². The first kappa shape index (κ1) is 21.8. The zero-order valence-corrected chi connectivity index (χ0v) is 18.7. The summed E-state index contributed by atoms with van der Waals surface area (Å²) in [6.07, 6.45) is 4.20. The zero-order valence-electron chi connectivity index (χ0n) is 17.9. The molecule has 0 aliphatic carbocycles. The number of nitrogens with zero attached hydrogens (tertiary/aromatic N) is 2. The number of nitrogens with one attached hydrogen (secondary N) is 2. The Hall–Kier alpha value is -2.42. The third-order valence-corrected chi connectivity index (χ3v) is 7.42. The summed E-state index contributed by atoms with van der Waals surface area (Å²) in [5.41, 5.74) is 3.91. The van der Waals surface area contributed by atoms with E-state index in [9.17, 15) is 13.2 Å². The number of rotatable bonds is 6.